The van der Waals surface area contributed by atoms with E-state index in [9.17, 15) is 9.90 Å². The summed E-state index contributed by atoms with van der Waals surface area (Å²) in [6.07, 6.45) is 2.04. The molecule has 0 spiro atoms. The van der Waals surface area contributed by atoms with E-state index in [4.69, 9.17) is 0 Å². The molecule has 2 aromatic rings. The van der Waals surface area contributed by atoms with Crippen LogP contribution in [-0.4, -0.2) is 26.2 Å². The lowest BCUT2D eigenvalue weighted by atomic mass is 10.1. The first-order chi connectivity index (χ1) is 8.27. The van der Waals surface area contributed by atoms with Crippen LogP contribution < -0.4 is 5.69 Å². The van der Waals surface area contributed by atoms with Crippen LogP contribution >= 0.6 is 11.8 Å². The number of imidazole rings is 1. The van der Waals surface area contributed by atoms with Crippen molar-refractivity contribution in [1.82, 2.24) is 9.55 Å². The molecule has 0 amide bonds. The Morgan fingerprint density at radius 2 is 2.12 bits per heavy atom. The molecule has 4 nitrogen and oxygen atoms in total. The smallest absolute Gasteiger partial charge is 0.326 e. The van der Waals surface area contributed by atoms with Gasteiger partial charge in [-0.1, -0.05) is 6.07 Å². The third-order valence-corrected chi connectivity index (χ3v) is 4.34. The number of thioether (sulfide) groups is 1. The van der Waals surface area contributed by atoms with Crippen molar-refractivity contribution in [2.45, 2.75) is 18.9 Å². The number of fused-ring (bicyclic) bond motifs is 1. The van der Waals surface area contributed by atoms with Gasteiger partial charge < -0.3 is 10.1 Å². The van der Waals surface area contributed by atoms with Gasteiger partial charge in [-0.3, -0.25) is 4.57 Å². The van der Waals surface area contributed by atoms with Crippen LogP contribution in [0.3, 0.4) is 0 Å². The number of rotatable bonds is 1. The molecule has 0 atom stereocenters. The topological polar surface area (TPSA) is 58.0 Å². The van der Waals surface area contributed by atoms with E-state index in [1.54, 1.807) is 16.7 Å². The molecular weight excluding hydrogens is 236 g/mol. The summed E-state index contributed by atoms with van der Waals surface area (Å²) in [7, 11) is 0. The number of phenolic OH excluding ortho intramolecular Hbond substituents is 1. The van der Waals surface area contributed by atoms with Gasteiger partial charge in [-0.15, -0.1) is 0 Å². The van der Waals surface area contributed by atoms with Crippen molar-refractivity contribution in [2.24, 2.45) is 0 Å². The summed E-state index contributed by atoms with van der Waals surface area (Å²) in [6.45, 7) is 0. The lowest BCUT2D eigenvalue weighted by Crippen LogP contribution is -2.25. The molecule has 0 unspecified atom stereocenters. The normalized spacial score (nSPS) is 17.6. The van der Waals surface area contributed by atoms with Gasteiger partial charge in [0.25, 0.3) is 0 Å². The van der Waals surface area contributed by atoms with E-state index in [0.29, 0.717) is 5.52 Å². The summed E-state index contributed by atoms with van der Waals surface area (Å²) in [6, 6.07) is 5.52. The van der Waals surface area contributed by atoms with Crippen LogP contribution in [0.4, 0.5) is 0 Å². The Kier molecular flexibility index (Phi) is 2.63. The third kappa shape index (κ3) is 1.74. The van der Waals surface area contributed by atoms with Crippen LogP contribution in [-0.2, 0) is 0 Å². The average Bonchev–Trinajstić information content (AvgIpc) is 2.68. The Morgan fingerprint density at radius 1 is 1.35 bits per heavy atom. The van der Waals surface area contributed by atoms with Crippen LogP contribution in [0.15, 0.2) is 23.0 Å². The molecule has 2 heterocycles. The third-order valence-electron chi connectivity index (χ3n) is 3.29. The molecular formula is C12H14N2O2S. The molecule has 1 aromatic heterocycles. The summed E-state index contributed by atoms with van der Waals surface area (Å²) in [4.78, 5) is 14.7. The van der Waals surface area contributed by atoms with E-state index >= 15 is 0 Å². The van der Waals surface area contributed by atoms with Crippen LogP contribution in [0, 0.1) is 0 Å². The van der Waals surface area contributed by atoms with Crippen LogP contribution in [0.2, 0.25) is 0 Å². The number of nitrogens with one attached hydrogen (secondary N) is 1. The van der Waals surface area contributed by atoms with E-state index in [1.165, 1.54) is 0 Å². The summed E-state index contributed by atoms with van der Waals surface area (Å²) in [5.41, 5.74) is 1.25. The highest BCUT2D eigenvalue weighted by Gasteiger charge is 2.20. The van der Waals surface area contributed by atoms with E-state index in [0.717, 1.165) is 29.9 Å². The maximum atomic E-state index is 12.0. The number of aromatic nitrogens is 2. The molecule has 1 fully saturated rings. The first-order valence-electron chi connectivity index (χ1n) is 5.77. The molecule has 1 aliphatic heterocycles. The van der Waals surface area contributed by atoms with Crippen molar-refractivity contribution >= 4 is 22.8 Å². The Balaban J connectivity index is 2.18. The second-order valence-corrected chi connectivity index (χ2v) is 5.54. The zero-order valence-corrected chi connectivity index (χ0v) is 10.2. The number of hydrogen-bond acceptors (Lipinski definition) is 3. The SMILES string of the molecule is O=c1[nH]c2c(O)cccc2n1C1CCSCC1. The highest BCUT2D eigenvalue weighted by atomic mass is 32.2. The molecule has 3 rings (SSSR count). The highest BCUT2D eigenvalue weighted by Crippen LogP contribution is 2.30. The number of para-hydroxylation sites is 1. The fourth-order valence-electron chi connectivity index (χ4n) is 2.44. The fraction of sp³-hybridized carbons (Fsp3) is 0.417. The maximum Gasteiger partial charge on any atom is 0.326 e. The van der Waals surface area contributed by atoms with Crippen molar-refractivity contribution in [3.8, 4) is 5.75 Å². The molecule has 2 N–H and O–H groups in total. The molecule has 17 heavy (non-hydrogen) atoms. The molecule has 0 radical (unpaired) electrons. The van der Waals surface area contributed by atoms with Gasteiger partial charge in [-0.2, -0.15) is 11.8 Å². The summed E-state index contributed by atoms with van der Waals surface area (Å²) in [5, 5.41) is 9.72. The molecule has 1 aliphatic rings. The standard InChI is InChI=1S/C12H14N2O2S/c15-10-3-1-2-9-11(10)13-12(16)14(9)8-4-6-17-7-5-8/h1-3,8,15H,4-7H2,(H,13,16). The zero-order chi connectivity index (χ0) is 11.8. The Hall–Kier alpha value is -1.36. The quantitative estimate of drug-likeness (QED) is 0.815. The van der Waals surface area contributed by atoms with E-state index < -0.39 is 0 Å². The van der Waals surface area contributed by atoms with Crippen molar-refractivity contribution in [3.63, 3.8) is 0 Å². The second kappa shape index (κ2) is 4.14. The highest BCUT2D eigenvalue weighted by molar-refractivity contribution is 7.99. The minimum atomic E-state index is -0.113. The van der Waals surface area contributed by atoms with Gasteiger partial charge >= 0.3 is 5.69 Å². The predicted molar refractivity (Wildman–Crippen MR) is 69.8 cm³/mol. The van der Waals surface area contributed by atoms with Crippen molar-refractivity contribution < 1.29 is 5.11 Å². The molecule has 0 aliphatic carbocycles. The lowest BCUT2D eigenvalue weighted by Gasteiger charge is -2.22. The van der Waals surface area contributed by atoms with Crippen LogP contribution in [0.25, 0.3) is 11.0 Å². The lowest BCUT2D eigenvalue weighted by molar-refractivity contribution is 0.469. The van der Waals surface area contributed by atoms with Gasteiger partial charge in [-0.25, -0.2) is 4.79 Å². The van der Waals surface area contributed by atoms with Gasteiger partial charge in [0.15, 0.2) is 0 Å². The number of nitrogens with zero attached hydrogens (tertiary/aromatic N) is 1. The largest absolute Gasteiger partial charge is 0.506 e. The molecule has 1 saturated heterocycles. The van der Waals surface area contributed by atoms with Gasteiger partial charge in [0, 0.05) is 6.04 Å². The molecule has 1 aromatic carbocycles. The van der Waals surface area contributed by atoms with Gasteiger partial charge in [0.2, 0.25) is 0 Å². The minimum absolute atomic E-state index is 0.113. The van der Waals surface area contributed by atoms with Crippen LogP contribution in [0.5, 0.6) is 5.75 Å². The number of hydrogen-bond donors (Lipinski definition) is 2. The monoisotopic (exact) mass is 250 g/mol. The summed E-state index contributed by atoms with van der Waals surface area (Å²) >= 11 is 1.94. The number of aromatic amines is 1. The van der Waals surface area contributed by atoms with Gasteiger partial charge in [0.1, 0.15) is 11.3 Å². The van der Waals surface area contributed by atoms with Crippen molar-refractivity contribution in [2.75, 3.05) is 11.5 Å². The van der Waals surface area contributed by atoms with E-state index in [1.807, 2.05) is 17.8 Å². The molecule has 5 heteroatoms. The fourth-order valence-corrected chi connectivity index (χ4v) is 3.52. The molecule has 0 saturated carbocycles. The predicted octanol–water partition coefficient (Wildman–Crippen LogP) is 2.10. The van der Waals surface area contributed by atoms with Crippen molar-refractivity contribution in [1.29, 1.82) is 0 Å². The summed E-state index contributed by atoms with van der Waals surface area (Å²) in [5.74, 6) is 2.34. The maximum absolute atomic E-state index is 12.0. The number of phenols is 1. The number of H-pyrrole nitrogens is 1. The Labute approximate surface area is 103 Å². The molecule has 90 valence electrons. The summed E-state index contributed by atoms with van der Waals surface area (Å²) < 4.78 is 1.80. The zero-order valence-electron chi connectivity index (χ0n) is 9.35. The minimum Gasteiger partial charge on any atom is -0.506 e. The first kappa shape index (κ1) is 10.8. The van der Waals surface area contributed by atoms with Crippen LogP contribution in [0.1, 0.15) is 18.9 Å². The second-order valence-electron chi connectivity index (χ2n) is 4.31. The average molecular weight is 250 g/mol. The Morgan fingerprint density at radius 3 is 2.88 bits per heavy atom. The first-order valence-corrected chi connectivity index (χ1v) is 6.93. The van der Waals surface area contributed by atoms with Gasteiger partial charge in [-0.05, 0) is 36.5 Å². The van der Waals surface area contributed by atoms with Crippen molar-refractivity contribution in [3.05, 3.63) is 28.7 Å². The molecule has 0 bridgehead atoms. The van der Waals surface area contributed by atoms with E-state index in [2.05, 4.69) is 4.98 Å². The number of benzene rings is 1. The number of aromatic hydroxyl groups is 1. The Bertz CT molecular complexity index is 596. The van der Waals surface area contributed by atoms with E-state index in [-0.39, 0.29) is 17.5 Å². The van der Waals surface area contributed by atoms with Gasteiger partial charge in [0.05, 0.1) is 5.52 Å².